The van der Waals surface area contributed by atoms with Crippen molar-refractivity contribution in [1.29, 1.82) is 0 Å². The number of rotatable bonds is 3. The lowest BCUT2D eigenvalue weighted by Gasteiger charge is -2.15. The van der Waals surface area contributed by atoms with Gasteiger partial charge in [-0.25, -0.2) is 4.39 Å². The van der Waals surface area contributed by atoms with Gasteiger partial charge in [0, 0.05) is 22.8 Å². The second-order valence-corrected chi connectivity index (χ2v) is 5.34. The van der Waals surface area contributed by atoms with E-state index < -0.39 is 22.4 Å². The van der Waals surface area contributed by atoms with E-state index in [4.69, 9.17) is 0 Å². The van der Waals surface area contributed by atoms with Gasteiger partial charge in [0.2, 0.25) is 0 Å². The van der Waals surface area contributed by atoms with E-state index in [2.05, 4.69) is 20.9 Å². The van der Waals surface area contributed by atoms with Crippen molar-refractivity contribution in [1.82, 2.24) is 4.98 Å². The molecule has 0 amide bonds. The van der Waals surface area contributed by atoms with E-state index >= 15 is 0 Å². The Kier molecular flexibility index (Phi) is 4.42. The Bertz CT molecular complexity index is 583. The Labute approximate surface area is 121 Å². The molecule has 20 heavy (non-hydrogen) atoms. The van der Waals surface area contributed by atoms with Crippen LogP contribution in [0.2, 0.25) is 0 Å². The molecule has 0 bridgehead atoms. The molecule has 6 heteroatoms. The fourth-order valence-corrected chi connectivity index (χ4v) is 2.57. The molecular formula is C14H10BrF4N. The molecule has 0 radical (unpaired) electrons. The summed E-state index contributed by atoms with van der Waals surface area (Å²) in [6.45, 7) is 0. The van der Waals surface area contributed by atoms with E-state index in [-0.39, 0.29) is 5.56 Å². The SMILES string of the molecule is Fc1c(C(Br)Cc2ccncc2)cccc1C(F)(F)F. The highest BCUT2D eigenvalue weighted by molar-refractivity contribution is 9.09. The number of aromatic nitrogens is 1. The fraction of sp³-hybridized carbons (Fsp3) is 0.214. The lowest BCUT2D eigenvalue weighted by atomic mass is 10.0. The van der Waals surface area contributed by atoms with Gasteiger partial charge in [-0.1, -0.05) is 28.1 Å². The molecule has 106 valence electrons. The Morgan fingerprint density at radius 2 is 1.75 bits per heavy atom. The Hall–Kier alpha value is -1.43. The second kappa shape index (κ2) is 5.91. The monoisotopic (exact) mass is 347 g/mol. The maximum absolute atomic E-state index is 14.0. The normalized spacial score (nSPS) is 13.2. The smallest absolute Gasteiger partial charge is 0.265 e. The lowest BCUT2D eigenvalue weighted by molar-refractivity contribution is -0.140. The van der Waals surface area contributed by atoms with Crippen molar-refractivity contribution in [2.45, 2.75) is 17.4 Å². The summed E-state index contributed by atoms with van der Waals surface area (Å²) in [5, 5.41) is 0. The van der Waals surface area contributed by atoms with E-state index in [1.54, 1.807) is 24.5 Å². The van der Waals surface area contributed by atoms with Crippen molar-refractivity contribution in [2.24, 2.45) is 0 Å². The third kappa shape index (κ3) is 3.36. The second-order valence-electron chi connectivity index (χ2n) is 4.23. The maximum Gasteiger partial charge on any atom is 0.419 e. The number of hydrogen-bond donors (Lipinski definition) is 0. The van der Waals surface area contributed by atoms with Crippen molar-refractivity contribution in [3.8, 4) is 0 Å². The van der Waals surface area contributed by atoms with E-state index in [1.165, 1.54) is 12.1 Å². The molecule has 1 atom stereocenters. The molecule has 2 rings (SSSR count). The molecule has 0 aliphatic rings. The van der Waals surface area contributed by atoms with Crippen LogP contribution in [-0.2, 0) is 12.6 Å². The first-order valence-electron chi connectivity index (χ1n) is 5.78. The molecule has 0 saturated carbocycles. The van der Waals surface area contributed by atoms with Crippen molar-refractivity contribution in [3.05, 3.63) is 65.2 Å². The third-order valence-corrected chi connectivity index (χ3v) is 3.65. The zero-order valence-corrected chi connectivity index (χ0v) is 11.7. The van der Waals surface area contributed by atoms with E-state index in [0.717, 1.165) is 11.6 Å². The van der Waals surface area contributed by atoms with E-state index in [9.17, 15) is 17.6 Å². The van der Waals surface area contributed by atoms with Crippen molar-refractivity contribution in [3.63, 3.8) is 0 Å². The van der Waals surface area contributed by atoms with Crippen LogP contribution in [-0.4, -0.2) is 4.98 Å². The number of nitrogens with zero attached hydrogens (tertiary/aromatic N) is 1. The van der Waals surface area contributed by atoms with Gasteiger partial charge in [0.05, 0.1) is 5.56 Å². The molecular weight excluding hydrogens is 338 g/mol. The maximum atomic E-state index is 14.0. The largest absolute Gasteiger partial charge is 0.419 e. The lowest BCUT2D eigenvalue weighted by Crippen LogP contribution is -2.11. The van der Waals surface area contributed by atoms with Crippen LogP contribution in [0.3, 0.4) is 0 Å². The summed E-state index contributed by atoms with van der Waals surface area (Å²) in [7, 11) is 0. The van der Waals surface area contributed by atoms with Crippen LogP contribution in [0.1, 0.15) is 21.5 Å². The topological polar surface area (TPSA) is 12.9 Å². The van der Waals surface area contributed by atoms with Crippen LogP contribution >= 0.6 is 15.9 Å². The molecule has 0 aliphatic heterocycles. The Morgan fingerprint density at radius 3 is 2.35 bits per heavy atom. The van der Waals surface area contributed by atoms with Crippen molar-refractivity contribution >= 4 is 15.9 Å². The zero-order valence-electron chi connectivity index (χ0n) is 10.2. The highest BCUT2D eigenvalue weighted by atomic mass is 79.9. The fourth-order valence-electron chi connectivity index (χ4n) is 1.85. The number of alkyl halides is 4. The number of hydrogen-bond acceptors (Lipinski definition) is 1. The molecule has 0 saturated heterocycles. The van der Waals surface area contributed by atoms with E-state index in [0.29, 0.717) is 6.42 Å². The van der Waals surface area contributed by atoms with E-state index in [1.807, 2.05) is 0 Å². The average molecular weight is 348 g/mol. The molecule has 1 nitrogen and oxygen atoms in total. The summed E-state index contributed by atoms with van der Waals surface area (Å²) in [5.41, 5.74) is -0.385. The molecule has 0 fully saturated rings. The van der Waals surface area contributed by atoms with Gasteiger partial charge in [0.15, 0.2) is 0 Å². The summed E-state index contributed by atoms with van der Waals surface area (Å²) < 4.78 is 51.9. The predicted molar refractivity (Wildman–Crippen MR) is 71.0 cm³/mol. The van der Waals surface area contributed by atoms with Gasteiger partial charge in [0.25, 0.3) is 0 Å². The highest BCUT2D eigenvalue weighted by Crippen LogP contribution is 2.36. The summed E-state index contributed by atoms with van der Waals surface area (Å²) in [4.78, 5) is 3.32. The summed E-state index contributed by atoms with van der Waals surface area (Å²) >= 11 is 3.25. The van der Waals surface area contributed by atoms with Crippen LogP contribution < -0.4 is 0 Å². The van der Waals surface area contributed by atoms with Gasteiger partial charge < -0.3 is 0 Å². The Morgan fingerprint density at radius 1 is 1.10 bits per heavy atom. The van der Waals surface area contributed by atoms with Gasteiger partial charge in [-0.15, -0.1) is 0 Å². The first-order chi connectivity index (χ1) is 9.39. The summed E-state index contributed by atoms with van der Waals surface area (Å²) in [6.07, 6.45) is -1.15. The molecule has 0 N–H and O–H groups in total. The van der Waals surface area contributed by atoms with Crippen LogP contribution in [0.15, 0.2) is 42.7 Å². The molecule has 1 aromatic carbocycles. The van der Waals surface area contributed by atoms with Crippen molar-refractivity contribution in [2.75, 3.05) is 0 Å². The first kappa shape index (κ1) is 15.0. The minimum absolute atomic E-state index is 0.00311. The number of halogens is 5. The van der Waals surface area contributed by atoms with Crippen LogP contribution in [0, 0.1) is 5.82 Å². The van der Waals surface area contributed by atoms with Crippen LogP contribution in [0.5, 0.6) is 0 Å². The molecule has 1 unspecified atom stereocenters. The summed E-state index contributed by atoms with van der Waals surface area (Å²) in [5.74, 6) is -1.23. The van der Waals surface area contributed by atoms with Crippen LogP contribution in [0.25, 0.3) is 0 Å². The number of benzene rings is 1. The minimum atomic E-state index is -4.69. The zero-order chi connectivity index (χ0) is 14.8. The quantitative estimate of drug-likeness (QED) is 0.567. The Balaban J connectivity index is 2.29. The average Bonchev–Trinajstić information content (AvgIpc) is 2.38. The van der Waals surface area contributed by atoms with Gasteiger partial charge in [-0.3, -0.25) is 4.98 Å². The van der Waals surface area contributed by atoms with Gasteiger partial charge in [0.1, 0.15) is 5.82 Å². The summed E-state index contributed by atoms with van der Waals surface area (Å²) in [6, 6.07) is 6.78. The standard InChI is InChI=1S/C14H10BrF4N/c15-12(8-9-4-6-20-7-5-9)10-2-1-3-11(13(10)16)14(17,18)19/h1-7,12H,8H2. The van der Waals surface area contributed by atoms with Gasteiger partial charge in [-0.05, 0) is 30.2 Å². The predicted octanol–water partition coefficient (Wildman–Crippen LogP) is 4.92. The molecule has 1 heterocycles. The molecule has 2 aromatic rings. The minimum Gasteiger partial charge on any atom is -0.265 e. The third-order valence-electron chi connectivity index (χ3n) is 2.84. The van der Waals surface area contributed by atoms with Gasteiger partial charge >= 0.3 is 6.18 Å². The van der Waals surface area contributed by atoms with Crippen LogP contribution in [0.4, 0.5) is 17.6 Å². The highest BCUT2D eigenvalue weighted by Gasteiger charge is 2.35. The number of pyridine rings is 1. The first-order valence-corrected chi connectivity index (χ1v) is 6.69. The van der Waals surface area contributed by atoms with Crippen molar-refractivity contribution < 1.29 is 17.6 Å². The molecule has 0 aliphatic carbocycles. The van der Waals surface area contributed by atoms with Gasteiger partial charge in [-0.2, -0.15) is 13.2 Å². The molecule has 0 spiro atoms. The molecule has 1 aromatic heterocycles.